The molecular formula is C19H24FN3O4S. The molecule has 2 amide bonds. The van der Waals surface area contributed by atoms with Gasteiger partial charge in [0.2, 0.25) is 21.8 Å². The van der Waals surface area contributed by atoms with Crippen LogP contribution in [0.15, 0.2) is 29.2 Å². The van der Waals surface area contributed by atoms with Crippen LogP contribution in [0.2, 0.25) is 0 Å². The zero-order chi connectivity index (χ0) is 19.9. The van der Waals surface area contributed by atoms with Crippen LogP contribution in [0.3, 0.4) is 0 Å². The monoisotopic (exact) mass is 409 g/mol. The van der Waals surface area contributed by atoms with E-state index in [1.54, 1.807) is 0 Å². The van der Waals surface area contributed by atoms with Gasteiger partial charge in [-0.2, -0.15) is 4.31 Å². The molecule has 0 aromatic heterocycles. The Morgan fingerprint density at radius 3 is 2.14 bits per heavy atom. The molecule has 9 heteroatoms. The summed E-state index contributed by atoms with van der Waals surface area (Å²) in [6.07, 6.45) is 3.55. The molecule has 0 spiro atoms. The summed E-state index contributed by atoms with van der Waals surface area (Å²) in [5.74, 6) is -1.09. The smallest absolute Gasteiger partial charge is 0.243 e. The van der Waals surface area contributed by atoms with Crippen molar-refractivity contribution < 1.29 is 22.4 Å². The van der Waals surface area contributed by atoms with Gasteiger partial charge in [-0.05, 0) is 31.0 Å². The van der Waals surface area contributed by atoms with Gasteiger partial charge in [0.05, 0.1) is 23.4 Å². The van der Waals surface area contributed by atoms with Crippen molar-refractivity contribution in [1.82, 2.24) is 14.1 Å². The van der Waals surface area contributed by atoms with Gasteiger partial charge >= 0.3 is 0 Å². The second kappa shape index (κ2) is 7.53. The van der Waals surface area contributed by atoms with Crippen LogP contribution in [0.5, 0.6) is 0 Å². The van der Waals surface area contributed by atoms with Crippen LogP contribution in [0.4, 0.5) is 4.39 Å². The van der Waals surface area contributed by atoms with Gasteiger partial charge in [0.1, 0.15) is 5.82 Å². The van der Waals surface area contributed by atoms with E-state index in [0.29, 0.717) is 13.1 Å². The van der Waals surface area contributed by atoms with Crippen LogP contribution in [-0.2, 0) is 19.6 Å². The molecule has 1 aromatic carbocycles. The molecule has 2 atom stereocenters. The molecule has 0 radical (unpaired) electrons. The summed E-state index contributed by atoms with van der Waals surface area (Å²) in [6, 6.07) is 4.99. The Kier molecular flexibility index (Phi) is 5.24. The van der Waals surface area contributed by atoms with E-state index in [4.69, 9.17) is 0 Å². The van der Waals surface area contributed by atoms with E-state index in [0.717, 1.165) is 31.7 Å². The summed E-state index contributed by atoms with van der Waals surface area (Å²) in [4.78, 5) is 28.4. The van der Waals surface area contributed by atoms with Crippen molar-refractivity contribution in [2.75, 3.05) is 32.8 Å². The molecule has 0 bridgehead atoms. The van der Waals surface area contributed by atoms with Crippen LogP contribution in [-0.4, -0.2) is 67.2 Å². The molecule has 2 aliphatic heterocycles. The van der Waals surface area contributed by atoms with Crippen molar-refractivity contribution in [3.8, 4) is 0 Å². The number of amides is 2. The van der Waals surface area contributed by atoms with Crippen molar-refractivity contribution >= 4 is 21.8 Å². The fourth-order valence-electron chi connectivity index (χ4n) is 4.46. The predicted molar refractivity (Wildman–Crippen MR) is 98.9 cm³/mol. The minimum Gasteiger partial charge on any atom is -0.283 e. The molecule has 4 rings (SSSR count). The highest BCUT2D eigenvalue weighted by Crippen LogP contribution is 2.38. The fraction of sp³-hybridized carbons (Fsp3) is 0.579. The molecule has 7 nitrogen and oxygen atoms in total. The molecule has 0 unspecified atom stereocenters. The van der Waals surface area contributed by atoms with E-state index in [9.17, 15) is 22.4 Å². The molecule has 1 aromatic rings. The van der Waals surface area contributed by atoms with Gasteiger partial charge in [0.25, 0.3) is 0 Å². The van der Waals surface area contributed by atoms with Gasteiger partial charge in [-0.1, -0.05) is 18.9 Å². The molecule has 152 valence electrons. The van der Waals surface area contributed by atoms with Gasteiger partial charge in [0.15, 0.2) is 0 Å². The molecule has 28 heavy (non-hydrogen) atoms. The average Bonchev–Trinajstić information content (AvgIpc) is 2.94. The predicted octanol–water partition coefficient (Wildman–Crippen LogP) is 1.26. The number of nitrogens with zero attached hydrogens (tertiary/aromatic N) is 3. The lowest BCUT2D eigenvalue weighted by molar-refractivity contribution is -0.142. The largest absolute Gasteiger partial charge is 0.283 e. The lowest BCUT2D eigenvalue weighted by Gasteiger charge is -2.35. The maximum Gasteiger partial charge on any atom is 0.243 e. The molecule has 2 heterocycles. The number of fused-ring (bicyclic) bond motifs is 1. The van der Waals surface area contributed by atoms with E-state index < -0.39 is 15.8 Å². The Labute approximate surface area is 164 Å². The van der Waals surface area contributed by atoms with Gasteiger partial charge < -0.3 is 0 Å². The van der Waals surface area contributed by atoms with E-state index in [2.05, 4.69) is 0 Å². The summed E-state index contributed by atoms with van der Waals surface area (Å²) in [7, 11) is -3.75. The van der Waals surface area contributed by atoms with E-state index >= 15 is 0 Å². The summed E-state index contributed by atoms with van der Waals surface area (Å²) in [5, 5.41) is 0. The van der Waals surface area contributed by atoms with Crippen molar-refractivity contribution in [1.29, 1.82) is 0 Å². The number of rotatable bonds is 4. The highest BCUT2D eigenvalue weighted by atomic mass is 32.2. The van der Waals surface area contributed by atoms with Crippen LogP contribution in [0.25, 0.3) is 0 Å². The summed E-state index contributed by atoms with van der Waals surface area (Å²) < 4.78 is 40.1. The van der Waals surface area contributed by atoms with Crippen LogP contribution in [0.1, 0.15) is 25.7 Å². The maximum absolute atomic E-state index is 13.4. The molecule has 1 aliphatic carbocycles. The maximum atomic E-state index is 13.4. The number of sulfonamides is 1. The van der Waals surface area contributed by atoms with Gasteiger partial charge in [0, 0.05) is 26.2 Å². The number of halogens is 1. The van der Waals surface area contributed by atoms with Gasteiger partial charge in [-0.15, -0.1) is 0 Å². The molecule has 1 saturated carbocycles. The minimum absolute atomic E-state index is 0.0603. The van der Waals surface area contributed by atoms with E-state index in [-0.39, 0.29) is 48.3 Å². The Morgan fingerprint density at radius 2 is 1.57 bits per heavy atom. The first-order valence-corrected chi connectivity index (χ1v) is 11.2. The number of likely N-dealkylation sites (tertiary alicyclic amines) is 1. The first-order valence-electron chi connectivity index (χ1n) is 9.71. The SMILES string of the molecule is O=C1[C@@H]2CCCC[C@H]2C(=O)N1CN1CCN(S(=O)(=O)c2cccc(F)c2)CC1. The van der Waals surface area contributed by atoms with Crippen molar-refractivity contribution in [2.45, 2.75) is 30.6 Å². The third-order valence-corrected chi connectivity index (χ3v) is 7.93. The van der Waals surface area contributed by atoms with E-state index in [1.807, 2.05) is 4.90 Å². The van der Waals surface area contributed by atoms with Crippen LogP contribution < -0.4 is 0 Å². The molecule has 0 N–H and O–H groups in total. The standard InChI is InChI=1S/C19H24FN3O4S/c20-14-4-3-5-15(12-14)28(26,27)22-10-8-21(9-11-22)13-23-18(24)16-6-1-2-7-17(16)19(23)25/h3-5,12,16-17H,1-2,6-11,13H2/t16-,17-/m1/s1. The normalized spacial score (nSPS) is 27.2. The summed E-state index contributed by atoms with van der Waals surface area (Å²) >= 11 is 0. The molecule has 3 aliphatic rings. The summed E-state index contributed by atoms with van der Waals surface area (Å²) in [6.45, 7) is 1.53. The Bertz CT molecular complexity index is 859. The number of hydrogen-bond acceptors (Lipinski definition) is 5. The fourth-order valence-corrected chi connectivity index (χ4v) is 5.91. The first kappa shape index (κ1) is 19.5. The lowest BCUT2D eigenvalue weighted by atomic mass is 9.81. The Morgan fingerprint density at radius 1 is 0.964 bits per heavy atom. The number of benzene rings is 1. The van der Waals surface area contributed by atoms with Crippen molar-refractivity contribution in [3.63, 3.8) is 0 Å². The topological polar surface area (TPSA) is 78.0 Å². The second-order valence-corrected chi connectivity index (χ2v) is 9.66. The van der Waals surface area contributed by atoms with Gasteiger partial charge in [-0.3, -0.25) is 19.4 Å². The Balaban J connectivity index is 1.38. The first-order chi connectivity index (χ1) is 13.4. The second-order valence-electron chi connectivity index (χ2n) is 7.72. The number of hydrogen-bond donors (Lipinski definition) is 0. The number of carbonyl (C=O) groups excluding carboxylic acids is 2. The van der Waals surface area contributed by atoms with Crippen molar-refractivity contribution in [3.05, 3.63) is 30.1 Å². The van der Waals surface area contributed by atoms with E-state index in [1.165, 1.54) is 27.4 Å². The van der Waals surface area contributed by atoms with Crippen molar-refractivity contribution in [2.24, 2.45) is 11.8 Å². The zero-order valence-electron chi connectivity index (χ0n) is 15.6. The molecule has 2 saturated heterocycles. The lowest BCUT2D eigenvalue weighted by Crippen LogP contribution is -2.52. The average molecular weight is 409 g/mol. The third kappa shape index (κ3) is 3.46. The van der Waals surface area contributed by atoms with Gasteiger partial charge in [-0.25, -0.2) is 12.8 Å². The number of piperazine rings is 1. The minimum atomic E-state index is -3.75. The quantitative estimate of drug-likeness (QED) is 0.700. The van der Waals surface area contributed by atoms with Crippen LogP contribution in [0, 0.1) is 17.7 Å². The number of carbonyl (C=O) groups is 2. The highest BCUT2D eigenvalue weighted by molar-refractivity contribution is 7.89. The summed E-state index contributed by atoms with van der Waals surface area (Å²) in [5.41, 5.74) is 0. The third-order valence-electron chi connectivity index (χ3n) is 6.04. The zero-order valence-corrected chi connectivity index (χ0v) is 16.4. The molecular weight excluding hydrogens is 385 g/mol. The highest BCUT2D eigenvalue weighted by Gasteiger charge is 2.48. The van der Waals surface area contributed by atoms with Crippen LogP contribution >= 0.6 is 0 Å². The number of imide groups is 1. The Hall–Kier alpha value is -1.84. The molecule has 3 fully saturated rings.